The summed E-state index contributed by atoms with van der Waals surface area (Å²) in [4.78, 5) is 14.1. The van der Waals surface area contributed by atoms with Crippen LogP contribution in [0.2, 0.25) is 5.02 Å². The SMILES string of the molecule is O=[N+]([O-])c1cccnc1-n1cc(Cl)cn1. The molecule has 0 bridgehead atoms. The lowest BCUT2D eigenvalue weighted by atomic mass is 10.4. The average molecular weight is 225 g/mol. The van der Waals surface area contributed by atoms with Crippen molar-refractivity contribution in [2.24, 2.45) is 0 Å². The van der Waals surface area contributed by atoms with Crippen LogP contribution in [0.15, 0.2) is 30.7 Å². The summed E-state index contributed by atoms with van der Waals surface area (Å²) in [5, 5.41) is 14.9. The zero-order chi connectivity index (χ0) is 10.8. The quantitative estimate of drug-likeness (QED) is 0.576. The highest BCUT2D eigenvalue weighted by atomic mass is 35.5. The summed E-state index contributed by atoms with van der Waals surface area (Å²) in [6.45, 7) is 0. The van der Waals surface area contributed by atoms with E-state index >= 15 is 0 Å². The fraction of sp³-hybridized carbons (Fsp3) is 0. The summed E-state index contributed by atoms with van der Waals surface area (Å²) in [6.07, 6.45) is 4.30. The van der Waals surface area contributed by atoms with Crippen LogP contribution in [0.25, 0.3) is 5.82 Å². The van der Waals surface area contributed by atoms with E-state index in [4.69, 9.17) is 11.6 Å². The third-order valence-electron chi connectivity index (χ3n) is 1.73. The van der Waals surface area contributed by atoms with E-state index in [1.165, 1.54) is 35.4 Å². The third-order valence-corrected chi connectivity index (χ3v) is 1.93. The number of halogens is 1. The molecule has 0 aliphatic rings. The Morgan fingerprint density at radius 3 is 2.93 bits per heavy atom. The van der Waals surface area contributed by atoms with Crippen LogP contribution >= 0.6 is 11.6 Å². The largest absolute Gasteiger partial charge is 0.313 e. The molecule has 76 valence electrons. The Kier molecular flexibility index (Phi) is 2.34. The molecule has 0 N–H and O–H groups in total. The topological polar surface area (TPSA) is 73.8 Å². The Balaban J connectivity index is 2.57. The Morgan fingerprint density at radius 2 is 2.33 bits per heavy atom. The van der Waals surface area contributed by atoms with Gasteiger partial charge in [0.25, 0.3) is 0 Å². The zero-order valence-electron chi connectivity index (χ0n) is 7.37. The number of hydrogen-bond acceptors (Lipinski definition) is 4. The molecule has 0 aliphatic carbocycles. The van der Waals surface area contributed by atoms with E-state index in [-0.39, 0.29) is 11.5 Å². The molecule has 2 heterocycles. The van der Waals surface area contributed by atoms with Crippen molar-refractivity contribution in [3.63, 3.8) is 0 Å². The van der Waals surface area contributed by atoms with Gasteiger partial charge in [0.1, 0.15) is 0 Å². The van der Waals surface area contributed by atoms with E-state index in [2.05, 4.69) is 10.1 Å². The molecule has 0 aliphatic heterocycles. The normalized spacial score (nSPS) is 10.2. The first-order valence-corrected chi connectivity index (χ1v) is 4.36. The molecule has 15 heavy (non-hydrogen) atoms. The van der Waals surface area contributed by atoms with E-state index in [9.17, 15) is 10.1 Å². The highest BCUT2D eigenvalue weighted by Crippen LogP contribution is 2.19. The van der Waals surface area contributed by atoms with Crippen molar-refractivity contribution >= 4 is 17.3 Å². The summed E-state index contributed by atoms with van der Waals surface area (Å²) >= 11 is 5.66. The predicted octanol–water partition coefficient (Wildman–Crippen LogP) is 1.83. The first-order valence-electron chi connectivity index (χ1n) is 3.98. The van der Waals surface area contributed by atoms with Crippen molar-refractivity contribution in [2.75, 3.05) is 0 Å². The minimum absolute atomic E-state index is 0.114. The molecule has 6 nitrogen and oxygen atoms in total. The Hall–Kier alpha value is -1.95. The van der Waals surface area contributed by atoms with Gasteiger partial charge in [-0.3, -0.25) is 10.1 Å². The smallest absolute Gasteiger partial charge is 0.258 e. The second-order valence-electron chi connectivity index (χ2n) is 2.71. The first kappa shape index (κ1) is 9.60. The second kappa shape index (κ2) is 3.66. The number of pyridine rings is 1. The fourth-order valence-electron chi connectivity index (χ4n) is 1.12. The molecule has 0 radical (unpaired) electrons. The Bertz CT molecular complexity index is 511. The van der Waals surface area contributed by atoms with Crippen LogP contribution in [0.5, 0.6) is 0 Å². The fourth-order valence-corrected chi connectivity index (χ4v) is 1.26. The van der Waals surface area contributed by atoms with Gasteiger partial charge in [0, 0.05) is 12.3 Å². The maximum atomic E-state index is 10.7. The second-order valence-corrected chi connectivity index (χ2v) is 3.14. The number of nitro groups is 1. The average Bonchev–Trinajstić information content (AvgIpc) is 2.65. The molecule has 2 aromatic rings. The molecule has 0 amide bonds. The van der Waals surface area contributed by atoms with Crippen molar-refractivity contribution in [2.45, 2.75) is 0 Å². The van der Waals surface area contributed by atoms with Gasteiger partial charge in [0.2, 0.25) is 5.82 Å². The van der Waals surface area contributed by atoms with Gasteiger partial charge in [-0.2, -0.15) is 5.10 Å². The van der Waals surface area contributed by atoms with Gasteiger partial charge < -0.3 is 0 Å². The van der Waals surface area contributed by atoms with Crippen LogP contribution in [0.4, 0.5) is 5.69 Å². The van der Waals surface area contributed by atoms with E-state index in [1.807, 2.05) is 0 Å². The molecule has 2 rings (SSSR count). The van der Waals surface area contributed by atoms with Crippen LogP contribution in [0.3, 0.4) is 0 Å². The molecule has 0 aromatic carbocycles. The van der Waals surface area contributed by atoms with Crippen LogP contribution < -0.4 is 0 Å². The molecule has 0 saturated carbocycles. The number of nitrogens with zero attached hydrogens (tertiary/aromatic N) is 4. The summed E-state index contributed by atoms with van der Waals surface area (Å²) in [6, 6.07) is 2.85. The van der Waals surface area contributed by atoms with Gasteiger partial charge in [-0.25, -0.2) is 9.67 Å². The molecule has 7 heteroatoms. The minimum Gasteiger partial charge on any atom is -0.258 e. The van der Waals surface area contributed by atoms with Crippen LogP contribution in [0, 0.1) is 10.1 Å². The molecule has 0 spiro atoms. The maximum Gasteiger partial charge on any atom is 0.313 e. The van der Waals surface area contributed by atoms with Crippen molar-refractivity contribution in [1.29, 1.82) is 0 Å². The zero-order valence-corrected chi connectivity index (χ0v) is 8.13. The lowest BCUT2D eigenvalue weighted by molar-refractivity contribution is -0.384. The van der Waals surface area contributed by atoms with Gasteiger partial charge in [0.05, 0.1) is 22.3 Å². The van der Waals surface area contributed by atoms with E-state index in [0.717, 1.165) is 0 Å². The highest BCUT2D eigenvalue weighted by molar-refractivity contribution is 6.30. The Morgan fingerprint density at radius 1 is 1.53 bits per heavy atom. The molecule has 0 fully saturated rings. The molecule has 0 saturated heterocycles. The van der Waals surface area contributed by atoms with Crippen LogP contribution in [-0.4, -0.2) is 19.7 Å². The maximum absolute atomic E-state index is 10.7. The number of aromatic nitrogens is 3. The highest BCUT2D eigenvalue weighted by Gasteiger charge is 2.16. The van der Waals surface area contributed by atoms with Gasteiger partial charge in [0.15, 0.2) is 0 Å². The van der Waals surface area contributed by atoms with Gasteiger partial charge in [-0.05, 0) is 6.07 Å². The van der Waals surface area contributed by atoms with Crippen LogP contribution in [0.1, 0.15) is 0 Å². The minimum atomic E-state index is -0.516. The van der Waals surface area contributed by atoms with E-state index in [0.29, 0.717) is 5.02 Å². The monoisotopic (exact) mass is 224 g/mol. The number of hydrogen-bond donors (Lipinski definition) is 0. The van der Waals surface area contributed by atoms with Crippen molar-refractivity contribution in [1.82, 2.24) is 14.8 Å². The van der Waals surface area contributed by atoms with Crippen molar-refractivity contribution in [3.8, 4) is 5.82 Å². The van der Waals surface area contributed by atoms with E-state index < -0.39 is 4.92 Å². The molecular weight excluding hydrogens is 220 g/mol. The Labute approximate surface area is 89.3 Å². The molecule has 0 unspecified atom stereocenters. The lowest BCUT2D eigenvalue weighted by Gasteiger charge is -1.99. The van der Waals surface area contributed by atoms with Crippen LogP contribution in [-0.2, 0) is 0 Å². The van der Waals surface area contributed by atoms with Crippen molar-refractivity contribution in [3.05, 3.63) is 45.9 Å². The summed E-state index contributed by atoms with van der Waals surface area (Å²) in [5.74, 6) is 0.148. The van der Waals surface area contributed by atoms with E-state index in [1.54, 1.807) is 0 Å². The summed E-state index contributed by atoms with van der Waals surface area (Å²) < 4.78 is 1.26. The summed E-state index contributed by atoms with van der Waals surface area (Å²) in [7, 11) is 0. The van der Waals surface area contributed by atoms with Gasteiger partial charge in [-0.15, -0.1) is 0 Å². The van der Waals surface area contributed by atoms with Gasteiger partial charge >= 0.3 is 5.69 Å². The predicted molar refractivity (Wildman–Crippen MR) is 53.0 cm³/mol. The van der Waals surface area contributed by atoms with Gasteiger partial charge in [-0.1, -0.05) is 11.6 Å². The lowest BCUT2D eigenvalue weighted by Crippen LogP contribution is -2.02. The standard InChI is InChI=1S/C8H5ClN4O2/c9-6-4-11-12(5-6)8-7(13(14)15)2-1-3-10-8/h1-5H. The number of rotatable bonds is 2. The molecule has 2 aromatic heterocycles. The summed E-state index contributed by atoms with van der Waals surface area (Å²) in [5.41, 5.74) is -0.114. The first-order chi connectivity index (χ1) is 7.18. The molecule has 0 atom stereocenters. The third kappa shape index (κ3) is 1.79. The molecular formula is C8H5ClN4O2. The van der Waals surface area contributed by atoms with Crippen molar-refractivity contribution < 1.29 is 4.92 Å².